The Morgan fingerprint density at radius 2 is 2.28 bits per heavy atom. The Kier molecular flexibility index (Phi) is 4.77. The van der Waals surface area contributed by atoms with E-state index in [1.54, 1.807) is 0 Å². The van der Waals surface area contributed by atoms with Crippen LogP contribution in [0.1, 0.15) is 10.4 Å². The molecule has 2 rings (SSSR count). The Labute approximate surface area is 114 Å². The van der Waals surface area contributed by atoms with Gasteiger partial charge in [0.2, 0.25) is 0 Å². The van der Waals surface area contributed by atoms with Crippen LogP contribution in [0, 0.1) is 5.82 Å². The van der Waals surface area contributed by atoms with Crippen LogP contribution in [0.3, 0.4) is 0 Å². The number of thioether (sulfide) groups is 2. The van der Waals surface area contributed by atoms with Gasteiger partial charge in [-0.05, 0) is 18.2 Å². The molecule has 0 saturated carbocycles. The first kappa shape index (κ1) is 13.5. The minimum Gasteiger partial charge on any atom is -0.399 e. The molecule has 0 spiro atoms. The van der Waals surface area contributed by atoms with Crippen molar-refractivity contribution in [3.63, 3.8) is 0 Å². The summed E-state index contributed by atoms with van der Waals surface area (Å²) in [5.74, 6) is 2.60. The zero-order valence-electron chi connectivity index (χ0n) is 9.82. The Balaban J connectivity index is 1.90. The Hall–Kier alpha value is -0.880. The summed E-state index contributed by atoms with van der Waals surface area (Å²) in [6.07, 6.45) is 0. The predicted octanol–water partition coefficient (Wildman–Crippen LogP) is 1.99. The van der Waals surface area contributed by atoms with Gasteiger partial charge in [-0.2, -0.15) is 23.5 Å². The number of anilines is 1. The van der Waals surface area contributed by atoms with Crippen LogP contribution < -0.4 is 11.1 Å². The lowest BCUT2D eigenvalue weighted by atomic mass is 10.2. The van der Waals surface area contributed by atoms with Crippen LogP contribution in [-0.2, 0) is 0 Å². The topological polar surface area (TPSA) is 55.1 Å². The molecule has 1 amide bonds. The van der Waals surface area contributed by atoms with Gasteiger partial charge < -0.3 is 11.1 Å². The molecule has 1 heterocycles. The van der Waals surface area contributed by atoms with Crippen LogP contribution in [0.25, 0.3) is 0 Å². The molecule has 1 atom stereocenters. The zero-order valence-corrected chi connectivity index (χ0v) is 11.5. The maximum absolute atomic E-state index is 13.1. The number of hydrogen-bond donors (Lipinski definition) is 2. The largest absolute Gasteiger partial charge is 0.399 e. The van der Waals surface area contributed by atoms with Gasteiger partial charge in [0.05, 0.1) is 0 Å². The molecule has 0 radical (unpaired) electrons. The SMILES string of the molecule is Nc1cc(F)cc(C(=O)NCC2CSCCS2)c1. The average Bonchev–Trinajstić information content (AvgIpc) is 2.36. The van der Waals surface area contributed by atoms with Crippen molar-refractivity contribution in [2.24, 2.45) is 0 Å². The molecular formula is C12H15FN2OS2. The summed E-state index contributed by atoms with van der Waals surface area (Å²) in [6, 6.07) is 3.89. The first-order valence-corrected chi connectivity index (χ1v) is 7.89. The van der Waals surface area contributed by atoms with E-state index in [-0.39, 0.29) is 17.2 Å². The standard InChI is InChI=1S/C12H15FN2OS2/c13-9-3-8(4-10(14)5-9)12(16)15-6-11-7-17-1-2-18-11/h3-5,11H,1-2,6-7,14H2,(H,15,16). The highest BCUT2D eigenvalue weighted by Crippen LogP contribution is 2.23. The van der Waals surface area contributed by atoms with Crippen molar-refractivity contribution >= 4 is 35.1 Å². The van der Waals surface area contributed by atoms with Crippen molar-refractivity contribution in [2.45, 2.75) is 5.25 Å². The number of benzene rings is 1. The number of carbonyl (C=O) groups excluding carboxylic acids is 1. The first-order chi connectivity index (χ1) is 8.65. The summed E-state index contributed by atoms with van der Waals surface area (Å²) < 4.78 is 13.1. The van der Waals surface area contributed by atoms with Crippen LogP contribution in [-0.4, -0.2) is 35.0 Å². The van der Waals surface area contributed by atoms with Crippen LogP contribution >= 0.6 is 23.5 Å². The van der Waals surface area contributed by atoms with Crippen molar-refractivity contribution < 1.29 is 9.18 Å². The lowest BCUT2D eigenvalue weighted by Gasteiger charge is -2.21. The second-order valence-electron chi connectivity index (χ2n) is 4.05. The monoisotopic (exact) mass is 286 g/mol. The summed E-state index contributed by atoms with van der Waals surface area (Å²) in [7, 11) is 0. The smallest absolute Gasteiger partial charge is 0.251 e. The minimum absolute atomic E-state index is 0.266. The van der Waals surface area contributed by atoms with Crippen molar-refractivity contribution in [1.82, 2.24) is 5.32 Å². The molecule has 1 aromatic rings. The molecular weight excluding hydrogens is 271 g/mol. The Morgan fingerprint density at radius 3 is 2.94 bits per heavy atom. The van der Waals surface area contributed by atoms with E-state index in [0.717, 1.165) is 11.5 Å². The third-order valence-corrected chi connectivity index (χ3v) is 5.40. The Morgan fingerprint density at radius 1 is 1.44 bits per heavy atom. The highest BCUT2D eigenvalue weighted by Gasteiger charge is 2.16. The summed E-state index contributed by atoms with van der Waals surface area (Å²) in [6.45, 7) is 0.618. The van der Waals surface area contributed by atoms with Crippen LogP contribution in [0.2, 0.25) is 0 Å². The first-order valence-electron chi connectivity index (χ1n) is 5.69. The summed E-state index contributed by atoms with van der Waals surface area (Å²) in [5.41, 5.74) is 6.05. The number of rotatable bonds is 3. The number of carbonyl (C=O) groups is 1. The third-order valence-electron chi connectivity index (χ3n) is 2.56. The number of hydrogen-bond acceptors (Lipinski definition) is 4. The van der Waals surface area contributed by atoms with Crippen molar-refractivity contribution in [3.05, 3.63) is 29.6 Å². The molecule has 18 heavy (non-hydrogen) atoms. The average molecular weight is 286 g/mol. The molecule has 1 saturated heterocycles. The van der Waals surface area contributed by atoms with Crippen molar-refractivity contribution in [3.8, 4) is 0 Å². The van der Waals surface area contributed by atoms with E-state index in [9.17, 15) is 9.18 Å². The Bertz CT molecular complexity index is 416. The third kappa shape index (κ3) is 3.81. The number of nitrogens with one attached hydrogen (secondary N) is 1. The van der Waals surface area contributed by atoms with E-state index in [2.05, 4.69) is 5.32 Å². The van der Waals surface area contributed by atoms with Gasteiger partial charge in [0.15, 0.2) is 0 Å². The van der Waals surface area contributed by atoms with Gasteiger partial charge in [-0.3, -0.25) is 4.79 Å². The zero-order chi connectivity index (χ0) is 13.0. The predicted molar refractivity (Wildman–Crippen MR) is 76.7 cm³/mol. The van der Waals surface area contributed by atoms with Crippen LogP contribution in [0.15, 0.2) is 18.2 Å². The maximum atomic E-state index is 13.1. The molecule has 1 aromatic carbocycles. The number of amides is 1. The van der Waals surface area contributed by atoms with E-state index in [1.807, 2.05) is 23.5 Å². The minimum atomic E-state index is -0.484. The van der Waals surface area contributed by atoms with E-state index >= 15 is 0 Å². The fourth-order valence-electron chi connectivity index (χ4n) is 1.71. The van der Waals surface area contributed by atoms with Crippen LogP contribution in [0.4, 0.5) is 10.1 Å². The summed E-state index contributed by atoms with van der Waals surface area (Å²) >= 11 is 3.78. The fourth-order valence-corrected chi connectivity index (χ4v) is 4.32. The second kappa shape index (κ2) is 6.33. The van der Waals surface area contributed by atoms with Gasteiger partial charge in [0, 0.05) is 40.3 Å². The van der Waals surface area contributed by atoms with Gasteiger partial charge in [-0.25, -0.2) is 4.39 Å². The molecule has 1 fully saturated rings. The highest BCUT2D eigenvalue weighted by molar-refractivity contribution is 8.06. The van der Waals surface area contributed by atoms with Gasteiger partial charge in [-0.1, -0.05) is 0 Å². The molecule has 1 aliphatic rings. The number of nitrogens with two attached hydrogens (primary N) is 1. The normalized spacial score (nSPS) is 19.5. The van der Waals surface area contributed by atoms with E-state index in [4.69, 9.17) is 5.73 Å². The summed E-state index contributed by atoms with van der Waals surface area (Å²) in [5, 5.41) is 3.27. The number of nitrogen functional groups attached to an aromatic ring is 1. The molecule has 98 valence electrons. The lowest BCUT2D eigenvalue weighted by Crippen LogP contribution is -2.33. The quantitative estimate of drug-likeness (QED) is 0.834. The second-order valence-corrected chi connectivity index (χ2v) is 6.61. The van der Waals surface area contributed by atoms with E-state index in [0.29, 0.717) is 11.8 Å². The molecule has 0 bridgehead atoms. The molecule has 0 aromatic heterocycles. The molecule has 6 heteroatoms. The molecule has 1 aliphatic heterocycles. The molecule has 3 N–H and O–H groups in total. The molecule has 0 aliphatic carbocycles. The highest BCUT2D eigenvalue weighted by atomic mass is 32.2. The van der Waals surface area contributed by atoms with Gasteiger partial charge in [0.1, 0.15) is 5.82 Å². The number of halogens is 1. The van der Waals surface area contributed by atoms with Gasteiger partial charge >= 0.3 is 0 Å². The fraction of sp³-hybridized carbons (Fsp3) is 0.417. The maximum Gasteiger partial charge on any atom is 0.251 e. The van der Waals surface area contributed by atoms with E-state index in [1.165, 1.54) is 24.0 Å². The summed E-state index contributed by atoms with van der Waals surface area (Å²) in [4.78, 5) is 11.8. The molecule has 3 nitrogen and oxygen atoms in total. The van der Waals surface area contributed by atoms with E-state index < -0.39 is 5.82 Å². The lowest BCUT2D eigenvalue weighted by molar-refractivity contribution is 0.0954. The van der Waals surface area contributed by atoms with Gasteiger partial charge in [0.25, 0.3) is 5.91 Å². The van der Waals surface area contributed by atoms with Crippen molar-refractivity contribution in [1.29, 1.82) is 0 Å². The van der Waals surface area contributed by atoms with Crippen LogP contribution in [0.5, 0.6) is 0 Å². The molecule has 1 unspecified atom stereocenters. The van der Waals surface area contributed by atoms with Crippen molar-refractivity contribution in [2.75, 3.05) is 29.5 Å². The van der Waals surface area contributed by atoms with Gasteiger partial charge in [-0.15, -0.1) is 0 Å².